The van der Waals surface area contributed by atoms with Crippen molar-refractivity contribution in [3.8, 4) is 0 Å². The summed E-state index contributed by atoms with van der Waals surface area (Å²) in [6, 6.07) is -0.254. The number of hydrogen-bond acceptors (Lipinski definition) is 5. The summed E-state index contributed by atoms with van der Waals surface area (Å²) >= 11 is 0. The van der Waals surface area contributed by atoms with Crippen LogP contribution in [0, 0.1) is 0 Å². The van der Waals surface area contributed by atoms with E-state index in [4.69, 9.17) is 14.2 Å². The minimum Gasteiger partial charge on any atom is -0.465 e. The molecule has 1 atom stereocenters. The molecule has 1 N–H and O–H groups in total. The minimum atomic E-state index is -0.254. The highest BCUT2D eigenvalue weighted by atomic mass is 16.6. The number of ether oxygens (including phenoxy) is 3. The van der Waals surface area contributed by atoms with Crippen LogP contribution in [0.3, 0.4) is 0 Å². The van der Waals surface area contributed by atoms with Crippen LogP contribution in [0.15, 0.2) is 0 Å². The molecule has 100 valence electrons. The van der Waals surface area contributed by atoms with Crippen molar-refractivity contribution < 1.29 is 19.0 Å². The van der Waals surface area contributed by atoms with Crippen molar-refractivity contribution in [2.24, 2.45) is 0 Å². The largest absolute Gasteiger partial charge is 0.465 e. The number of esters is 1. The fraction of sp³-hybridized carbons (Fsp3) is 0.917. The second kappa shape index (κ2) is 8.44. The summed E-state index contributed by atoms with van der Waals surface area (Å²) in [5, 5.41) is 3.18. The molecule has 0 bridgehead atoms. The van der Waals surface area contributed by atoms with E-state index < -0.39 is 0 Å². The molecule has 0 aliphatic carbocycles. The number of nitrogens with one attached hydrogen (secondary N) is 1. The maximum atomic E-state index is 11.6. The Morgan fingerprint density at radius 2 is 2.24 bits per heavy atom. The Morgan fingerprint density at radius 1 is 1.47 bits per heavy atom. The van der Waals surface area contributed by atoms with Gasteiger partial charge >= 0.3 is 5.97 Å². The molecule has 1 fully saturated rings. The van der Waals surface area contributed by atoms with E-state index in [0.717, 1.165) is 13.0 Å². The van der Waals surface area contributed by atoms with Gasteiger partial charge in [-0.05, 0) is 26.3 Å². The van der Waals surface area contributed by atoms with Gasteiger partial charge in [0, 0.05) is 6.61 Å². The minimum absolute atomic E-state index is 0.186. The summed E-state index contributed by atoms with van der Waals surface area (Å²) in [4.78, 5) is 11.6. The van der Waals surface area contributed by atoms with Crippen molar-refractivity contribution in [2.45, 2.75) is 38.8 Å². The van der Waals surface area contributed by atoms with Gasteiger partial charge in [-0.2, -0.15) is 0 Å². The number of rotatable bonds is 9. The molecule has 1 saturated heterocycles. The third-order valence-corrected chi connectivity index (χ3v) is 2.58. The fourth-order valence-corrected chi connectivity index (χ4v) is 1.53. The fourth-order valence-electron chi connectivity index (χ4n) is 1.53. The van der Waals surface area contributed by atoms with Crippen LogP contribution in [0.2, 0.25) is 0 Å². The lowest BCUT2D eigenvalue weighted by molar-refractivity contribution is -0.149. The summed E-state index contributed by atoms with van der Waals surface area (Å²) in [6.07, 6.45) is 1.85. The third kappa shape index (κ3) is 5.48. The first-order valence-corrected chi connectivity index (χ1v) is 6.37. The molecule has 1 rings (SSSR count). The molecule has 0 saturated carbocycles. The molecule has 0 radical (unpaired) electrons. The summed E-state index contributed by atoms with van der Waals surface area (Å²) in [6.45, 7) is 7.03. The van der Waals surface area contributed by atoms with Crippen LogP contribution in [0.1, 0.15) is 26.7 Å². The van der Waals surface area contributed by atoms with Crippen LogP contribution in [0.25, 0.3) is 0 Å². The molecule has 0 aromatic heterocycles. The third-order valence-electron chi connectivity index (χ3n) is 2.58. The van der Waals surface area contributed by atoms with E-state index in [2.05, 4.69) is 12.2 Å². The van der Waals surface area contributed by atoms with Crippen molar-refractivity contribution in [3.63, 3.8) is 0 Å². The van der Waals surface area contributed by atoms with E-state index in [-0.39, 0.29) is 18.1 Å². The maximum absolute atomic E-state index is 11.6. The normalized spacial score (nSPS) is 17.5. The Bertz CT molecular complexity index is 219. The lowest BCUT2D eigenvalue weighted by atomic mass is 10.2. The second-order valence-corrected chi connectivity index (χ2v) is 4.08. The predicted molar refractivity (Wildman–Crippen MR) is 63.9 cm³/mol. The Balaban J connectivity index is 2.20. The van der Waals surface area contributed by atoms with Crippen LogP contribution in [0.4, 0.5) is 0 Å². The van der Waals surface area contributed by atoms with Crippen molar-refractivity contribution in [2.75, 3.05) is 33.0 Å². The Kier molecular flexibility index (Phi) is 7.16. The van der Waals surface area contributed by atoms with E-state index in [1.54, 1.807) is 0 Å². The molecule has 0 spiro atoms. The lowest BCUT2D eigenvalue weighted by Crippen LogP contribution is -2.41. The number of carbonyl (C=O) groups excluding carboxylic acids is 1. The quantitative estimate of drug-likeness (QED) is 0.607. The SMILES string of the molecule is CCCNC(CCOC1COC1)C(=O)OCC. The van der Waals surface area contributed by atoms with Gasteiger partial charge in [0.2, 0.25) is 0 Å². The highest BCUT2D eigenvalue weighted by Crippen LogP contribution is 2.07. The summed E-state index contributed by atoms with van der Waals surface area (Å²) < 4.78 is 15.6. The monoisotopic (exact) mass is 245 g/mol. The smallest absolute Gasteiger partial charge is 0.323 e. The van der Waals surface area contributed by atoms with E-state index >= 15 is 0 Å². The summed E-state index contributed by atoms with van der Waals surface area (Å²) in [5.41, 5.74) is 0. The van der Waals surface area contributed by atoms with Gasteiger partial charge in [0.25, 0.3) is 0 Å². The topological polar surface area (TPSA) is 56.8 Å². The zero-order valence-electron chi connectivity index (χ0n) is 10.7. The zero-order chi connectivity index (χ0) is 12.5. The van der Waals surface area contributed by atoms with Crippen molar-refractivity contribution in [3.05, 3.63) is 0 Å². The van der Waals surface area contributed by atoms with Crippen LogP contribution in [-0.2, 0) is 19.0 Å². The highest BCUT2D eigenvalue weighted by molar-refractivity contribution is 5.75. The van der Waals surface area contributed by atoms with E-state index in [1.807, 2.05) is 6.92 Å². The molecule has 1 heterocycles. The number of hydrogen-bond donors (Lipinski definition) is 1. The van der Waals surface area contributed by atoms with Gasteiger partial charge in [-0.1, -0.05) is 6.92 Å². The summed E-state index contributed by atoms with van der Waals surface area (Å²) in [5.74, 6) is -0.186. The van der Waals surface area contributed by atoms with E-state index in [1.165, 1.54) is 0 Å². The standard InChI is InChI=1S/C12H23NO4/c1-3-6-13-11(12(14)16-4-2)5-7-17-10-8-15-9-10/h10-11,13H,3-9H2,1-2H3. The second-order valence-electron chi connectivity index (χ2n) is 4.08. The van der Waals surface area contributed by atoms with Crippen LogP contribution >= 0.6 is 0 Å². The first-order chi connectivity index (χ1) is 8.27. The average Bonchev–Trinajstić information content (AvgIpc) is 2.26. The molecule has 1 aliphatic rings. The Morgan fingerprint density at radius 3 is 2.76 bits per heavy atom. The van der Waals surface area contributed by atoms with Gasteiger partial charge in [0.15, 0.2) is 0 Å². The summed E-state index contributed by atoms with van der Waals surface area (Å²) in [7, 11) is 0. The average molecular weight is 245 g/mol. The molecule has 5 nitrogen and oxygen atoms in total. The van der Waals surface area contributed by atoms with Crippen molar-refractivity contribution in [1.82, 2.24) is 5.32 Å². The first kappa shape index (κ1) is 14.4. The molecular formula is C12H23NO4. The van der Waals surface area contributed by atoms with Gasteiger partial charge in [0.05, 0.1) is 19.8 Å². The molecule has 0 aromatic carbocycles. The van der Waals surface area contributed by atoms with Gasteiger partial charge in [-0.15, -0.1) is 0 Å². The van der Waals surface area contributed by atoms with E-state index in [0.29, 0.717) is 32.8 Å². The van der Waals surface area contributed by atoms with Crippen molar-refractivity contribution in [1.29, 1.82) is 0 Å². The molecular weight excluding hydrogens is 222 g/mol. The van der Waals surface area contributed by atoms with E-state index in [9.17, 15) is 4.79 Å². The van der Waals surface area contributed by atoms with Crippen molar-refractivity contribution >= 4 is 5.97 Å². The van der Waals surface area contributed by atoms with Gasteiger partial charge in [-0.25, -0.2) is 0 Å². The van der Waals surface area contributed by atoms with Gasteiger partial charge in [0.1, 0.15) is 12.1 Å². The van der Waals surface area contributed by atoms with Crippen LogP contribution in [-0.4, -0.2) is 51.1 Å². The first-order valence-electron chi connectivity index (χ1n) is 6.37. The molecule has 0 amide bonds. The lowest BCUT2D eigenvalue weighted by Gasteiger charge is -2.26. The number of carbonyl (C=O) groups is 1. The van der Waals surface area contributed by atoms with Crippen LogP contribution < -0.4 is 5.32 Å². The van der Waals surface area contributed by atoms with Gasteiger partial charge in [-0.3, -0.25) is 4.79 Å². The molecule has 1 unspecified atom stereocenters. The molecule has 1 aliphatic heterocycles. The predicted octanol–water partition coefficient (Wildman–Crippen LogP) is 0.723. The Hall–Kier alpha value is -0.650. The van der Waals surface area contributed by atoms with Crippen LogP contribution in [0.5, 0.6) is 0 Å². The molecule has 0 aromatic rings. The maximum Gasteiger partial charge on any atom is 0.323 e. The Labute approximate surface area is 103 Å². The molecule has 5 heteroatoms. The highest BCUT2D eigenvalue weighted by Gasteiger charge is 2.22. The van der Waals surface area contributed by atoms with Gasteiger partial charge < -0.3 is 19.5 Å². The molecule has 17 heavy (non-hydrogen) atoms. The zero-order valence-corrected chi connectivity index (χ0v) is 10.7.